The van der Waals surface area contributed by atoms with Crippen LogP contribution in [0.3, 0.4) is 0 Å². The summed E-state index contributed by atoms with van der Waals surface area (Å²) in [5.41, 5.74) is 6.38. The number of Topliss-reactive ketones (excluding diaryl/α,β-unsaturated/α-hetero) is 1. The summed E-state index contributed by atoms with van der Waals surface area (Å²) in [4.78, 5) is 11.8. The van der Waals surface area contributed by atoms with Gasteiger partial charge in [-0.1, -0.05) is 51.1 Å². The molecule has 2 nitrogen and oxygen atoms in total. The van der Waals surface area contributed by atoms with Crippen LogP contribution in [0, 0.1) is 5.41 Å². The molecule has 0 aliphatic heterocycles. The van der Waals surface area contributed by atoms with E-state index in [1.54, 1.807) is 0 Å². The van der Waals surface area contributed by atoms with E-state index in [2.05, 4.69) is 0 Å². The van der Waals surface area contributed by atoms with Gasteiger partial charge < -0.3 is 5.73 Å². The van der Waals surface area contributed by atoms with Crippen molar-refractivity contribution in [3.63, 3.8) is 0 Å². The molecule has 1 aromatic carbocycles. The van der Waals surface area contributed by atoms with Gasteiger partial charge in [-0.15, -0.1) is 0 Å². The topological polar surface area (TPSA) is 43.1 Å². The van der Waals surface area contributed by atoms with Gasteiger partial charge in [0.15, 0.2) is 5.78 Å². The van der Waals surface area contributed by atoms with E-state index >= 15 is 0 Å². The number of rotatable bonds is 2. The van der Waals surface area contributed by atoms with Crippen molar-refractivity contribution >= 4 is 5.78 Å². The molecular weight excluding hydrogens is 174 g/mol. The molecule has 14 heavy (non-hydrogen) atoms. The van der Waals surface area contributed by atoms with Crippen LogP contribution in [0.2, 0.25) is 0 Å². The van der Waals surface area contributed by atoms with Gasteiger partial charge in [-0.3, -0.25) is 4.79 Å². The normalized spacial score (nSPS) is 13.7. The average molecular weight is 191 g/mol. The molecule has 1 rings (SSSR count). The van der Waals surface area contributed by atoms with Crippen LogP contribution in [0.4, 0.5) is 0 Å². The highest BCUT2D eigenvalue weighted by Gasteiger charge is 2.27. The fraction of sp³-hybridized carbons (Fsp3) is 0.417. The SMILES string of the molecule is CC(C)(C)C(=O)[C@H](N)c1ccccc1. The first-order chi connectivity index (χ1) is 6.43. The van der Waals surface area contributed by atoms with Crippen molar-refractivity contribution in [3.8, 4) is 0 Å². The number of carbonyl (C=O) groups is 1. The van der Waals surface area contributed by atoms with Crippen molar-refractivity contribution in [1.82, 2.24) is 0 Å². The van der Waals surface area contributed by atoms with Crippen molar-refractivity contribution in [3.05, 3.63) is 35.9 Å². The summed E-state index contributed by atoms with van der Waals surface area (Å²) in [6.07, 6.45) is 0. The van der Waals surface area contributed by atoms with Crippen LogP contribution in [-0.2, 0) is 4.79 Å². The lowest BCUT2D eigenvalue weighted by Gasteiger charge is -2.21. The average Bonchev–Trinajstić information content (AvgIpc) is 2.15. The molecule has 0 fully saturated rings. The fourth-order valence-electron chi connectivity index (χ4n) is 1.28. The van der Waals surface area contributed by atoms with Crippen LogP contribution in [0.15, 0.2) is 30.3 Å². The number of hydrogen-bond acceptors (Lipinski definition) is 2. The zero-order chi connectivity index (χ0) is 10.8. The third-order valence-corrected chi connectivity index (χ3v) is 2.18. The number of nitrogens with two attached hydrogens (primary N) is 1. The van der Waals surface area contributed by atoms with Gasteiger partial charge in [0.1, 0.15) is 0 Å². The van der Waals surface area contributed by atoms with Crippen LogP contribution >= 0.6 is 0 Å². The predicted molar refractivity (Wildman–Crippen MR) is 57.8 cm³/mol. The highest BCUT2D eigenvalue weighted by atomic mass is 16.1. The molecule has 0 amide bonds. The first-order valence-electron chi connectivity index (χ1n) is 4.78. The van der Waals surface area contributed by atoms with Crippen molar-refractivity contribution in [2.75, 3.05) is 0 Å². The van der Waals surface area contributed by atoms with E-state index in [1.807, 2.05) is 51.1 Å². The number of hydrogen-bond donors (Lipinski definition) is 1. The Hall–Kier alpha value is -1.15. The van der Waals surface area contributed by atoms with E-state index < -0.39 is 6.04 Å². The molecule has 1 aromatic rings. The number of carbonyl (C=O) groups excluding carboxylic acids is 1. The fourth-order valence-corrected chi connectivity index (χ4v) is 1.28. The Balaban J connectivity index is 2.87. The smallest absolute Gasteiger partial charge is 0.159 e. The third kappa shape index (κ3) is 2.42. The molecule has 0 unspecified atom stereocenters. The molecule has 2 heteroatoms. The summed E-state index contributed by atoms with van der Waals surface area (Å²) >= 11 is 0. The third-order valence-electron chi connectivity index (χ3n) is 2.18. The summed E-state index contributed by atoms with van der Waals surface area (Å²) in [5, 5.41) is 0. The van der Waals surface area contributed by atoms with Gasteiger partial charge in [0.2, 0.25) is 0 Å². The summed E-state index contributed by atoms with van der Waals surface area (Å²) in [6, 6.07) is 8.97. The second-order valence-electron chi connectivity index (χ2n) is 4.50. The van der Waals surface area contributed by atoms with Crippen LogP contribution in [0.5, 0.6) is 0 Å². The largest absolute Gasteiger partial charge is 0.318 e. The maximum Gasteiger partial charge on any atom is 0.159 e. The van der Waals surface area contributed by atoms with Crippen LogP contribution in [-0.4, -0.2) is 5.78 Å². The molecule has 0 aliphatic carbocycles. The van der Waals surface area contributed by atoms with E-state index in [0.717, 1.165) is 5.56 Å². The second kappa shape index (κ2) is 3.93. The van der Waals surface area contributed by atoms with Gasteiger partial charge in [0.25, 0.3) is 0 Å². The second-order valence-corrected chi connectivity index (χ2v) is 4.50. The molecule has 0 aromatic heterocycles. The molecule has 0 bridgehead atoms. The Morgan fingerprint density at radius 1 is 1.21 bits per heavy atom. The van der Waals surface area contributed by atoms with E-state index in [1.165, 1.54) is 0 Å². The molecule has 0 saturated heterocycles. The zero-order valence-corrected chi connectivity index (χ0v) is 8.95. The molecule has 1 atom stereocenters. The maximum atomic E-state index is 11.8. The Morgan fingerprint density at radius 3 is 2.14 bits per heavy atom. The van der Waals surface area contributed by atoms with E-state index in [0.29, 0.717) is 0 Å². The minimum absolute atomic E-state index is 0.0729. The quantitative estimate of drug-likeness (QED) is 0.779. The van der Waals surface area contributed by atoms with Crippen LogP contribution in [0.25, 0.3) is 0 Å². The first-order valence-corrected chi connectivity index (χ1v) is 4.78. The summed E-state index contributed by atoms with van der Waals surface area (Å²) < 4.78 is 0. The van der Waals surface area contributed by atoms with Crippen LogP contribution < -0.4 is 5.73 Å². The van der Waals surface area contributed by atoms with Gasteiger partial charge in [0.05, 0.1) is 6.04 Å². The molecule has 0 radical (unpaired) electrons. The molecule has 0 heterocycles. The standard InChI is InChI=1S/C12H17NO/c1-12(2,3)11(14)10(13)9-7-5-4-6-8-9/h4-8,10H,13H2,1-3H3/t10-/m1/s1. The van der Waals surface area contributed by atoms with Gasteiger partial charge in [-0.2, -0.15) is 0 Å². The van der Waals surface area contributed by atoms with Gasteiger partial charge in [0, 0.05) is 5.41 Å². The molecule has 0 aliphatic rings. The Labute approximate surface area is 85.1 Å². The lowest BCUT2D eigenvalue weighted by molar-refractivity contribution is -0.127. The van der Waals surface area contributed by atoms with E-state index in [4.69, 9.17) is 5.73 Å². The van der Waals surface area contributed by atoms with Crippen LogP contribution in [0.1, 0.15) is 32.4 Å². The lowest BCUT2D eigenvalue weighted by atomic mass is 9.84. The maximum absolute atomic E-state index is 11.8. The summed E-state index contributed by atoms with van der Waals surface area (Å²) in [6.45, 7) is 5.66. The number of ketones is 1. The van der Waals surface area contributed by atoms with Crippen molar-refractivity contribution < 1.29 is 4.79 Å². The Bertz CT molecular complexity index is 311. The highest BCUT2D eigenvalue weighted by Crippen LogP contribution is 2.23. The first kappa shape index (κ1) is 10.9. The molecule has 76 valence electrons. The monoisotopic (exact) mass is 191 g/mol. The lowest BCUT2D eigenvalue weighted by Crippen LogP contribution is -2.31. The van der Waals surface area contributed by atoms with Gasteiger partial charge >= 0.3 is 0 Å². The Kier molecular flexibility index (Phi) is 3.06. The van der Waals surface area contributed by atoms with Crippen molar-refractivity contribution in [1.29, 1.82) is 0 Å². The van der Waals surface area contributed by atoms with Crippen molar-refractivity contribution in [2.24, 2.45) is 11.1 Å². The molecule has 0 spiro atoms. The molecule has 2 N–H and O–H groups in total. The molecular formula is C12H17NO. The highest BCUT2D eigenvalue weighted by molar-refractivity contribution is 5.89. The van der Waals surface area contributed by atoms with E-state index in [-0.39, 0.29) is 11.2 Å². The molecule has 0 saturated carbocycles. The minimum atomic E-state index is -0.504. The zero-order valence-electron chi connectivity index (χ0n) is 8.95. The summed E-state index contributed by atoms with van der Waals surface area (Å²) in [5.74, 6) is 0.0729. The number of benzene rings is 1. The van der Waals surface area contributed by atoms with Gasteiger partial charge in [-0.05, 0) is 5.56 Å². The Morgan fingerprint density at radius 2 is 1.71 bits per heavy atom. The minimum Gasteiger partial charge on any atom is -0.318 e. The summed E-state index contributed by atoms with van der Waals surface area (Å²) in [7, 11) is 0. The predicted octanol–water partition coefficient (Wildman–Crippen LogP) is 2.30. The van der Waals surface area contributed by atoms with E-state index in [9.17, 15) is 4.79 Å². The van der Waals surface area contributed by atoms with Gasteiger partial charge in [-0.25, -0.2) is 0 Å². The van der Waals surface area contributed by atoms with Crippen molar-refractivity contribution in [2.45, 2.75) is 26.8 Å².